The smallest absolute Gasteiger partial charge is 0.416 e. The second kappa shape index (κ2) is 4.83. The van der Waals surface area contributed by atoms with Gasteiger partial charge >= 0.3 is 6.18 Å². The van der Waals surface area contributed by atoms with Gasteiger partial charge in [-0.05, 0) is 30.4 Å². The van der Waals surface area contributed by atoms with Gasteiger partial charge in [0.05, 0.1) is 12.7 Å². The van der Waals surface area contributed by atoms with Crippen LogP contribution in [0.5, 0.6) is 5.75 Å². The molecule has 0 aromatic heterocycles. The van der Waals surface area contributed by atoms with Gasteiger partial charge in [0, 0.05) is 5.56 Å². The van der Waals surface area contributed by atoms with Crippen molar-refractivity contribution in [3.05, 3.63) is 35.4 Å². The number of rotatable bonds is 3. The van der Waals surface area contributed by atoms with Crippen LogP contribution < -0.4 is 4.74 Å². The maximum atomic E-state index is 12.4. The summed E-state index contributed by atoms with van der Waals surface area (Å²) in [5.74, 6) is 0.283. The molecule has 0 spiro atoms. The van der Waals surface area contributed by atoms with Crippen molar-refractivity contribution < 1.29 is 22.7 Å². The first-order valence-corrected chi connectivity index (χ1v) is 4.36. The number of halogens is 3. The van der Waals surface area contributed by atoms with E-state index in [1.54, 1.807) is 0 Å². The summed E-state index contributed by atoms with van der Waals surface area (Å²) in [5, 5.41) is 0. The van der Waals surface area contributed by atoms with Crippen LogP contribution in [0.3, 0.4) is 0 Å². The number of carbonyl (C=O) groups is 1. The zero-order chi connectivity index (χ0) is 12.2. The lowest BCUT2D eigenvalue weighted by Crippen LogP contribution is -2.05. The Balaban J connectivity index is 3.21. The second-order valence-electron chi connectivity index (χ2n) is 2.95. The lowest BCUT2D eigenvalue weighted by molar-refractivity contribution is -0.137. The van der Waals surface area contributed by atoms with Crippen molar-refractivity contribution in [2.24, 2.45) is 0 Å². The third-order valence-corrected chi connectivity index (χ3v) is 1.91. The number of aldehydes is 1. The van der Waals surface area contributed by atoms with Gasteiger partial charge in [-0.1, -0.05) is 0 Å². The fraction of sp³-hybridized carbons (Fsp3) is 0.182. The van der Waals surface area contributed by atoms with Gasteiger partial charge in [0.15, 0.2) is 0 Å². The van der Waals surface area contributed by atoms with E-state index >= 15 is 0 Å². The molecule has 1 aromatic rings. The molecule has 1 rings (SSSR count). The largest absolute Gasteiger partial charge is 0.496 e. The highest BCUT2D eigenvalue weighted by Crippen LogP contribution is 2.32. The molecule has 0 radical (unpaired) electrons. The summed E-state index contributed by atoms with van der Waals surface area (Å²) < 4.78 is 42.0. The molecule has 0 heterocycles. The van der Waals surface area contributed by atoms with E-state index in [-0.39, 0.29) is 11.3 Å². The van der Waals surface area contributed by atoms with Gasteiger partial charge in [0.25, 0.3) is 0 Å². The number of hydrogen-bond donors (Lipinski definition) is 0. The first-order valence-electron chi connectivity index (χ1n) is 4.36. The van der Waals surface area contributed by atoms with E-state index in [1.807, 2.05) is 0 Å². The molecule has 0 unspecified atom stereocenters. The lowest BCUT2D eigenvalue weighted by Gasteiger charge is -2.10. The normalized spacial score (nSPS) is 11.8. The van der Waals surface area contributed by atoms with Crippen molar-refractivity contribution in [1.82, 2.24) is 0 Å². The maximum Gasteiger partial charge on any atom is 0.416 e. The Hall–Kier alpha value is -1.78. The molecule has 0 bridgehead atoms. The van der Waals surface area contributed by atoms with E-state index < -0.39 is 11.7 Å². The molecule has 1 aromatic carbocycles. The molecule has 0 aliphatic carbocycles. The summed E-state index contributed by atoms with van der Waals surface area (Å²) in [5.41, 5.74) is -0.566. The number of allylic oxidation sites excluding steroid dienone is 1. The number of methoxy groups -OCH3 is 1. The third kappa shape index (κ3) is 2.85. The van der Waals surface area contributed by atoms with Gasteiger partial charge in [-0.25, -0.2) is 0 Å². The monoisotopic (exact) mass is 230 g/mol. The molecule has 0 N–H and O–H groups in total. The van der Waals surface area contributed by atoms with E-state index in [1.165, 1.54) is 19.3 Å². The van der Waals surface area contributed by atoms with E-state index in [2.05, 4.69) is 0 Å². The van der Waals surface area contributed by atoms with Gasteiger partial charge in [-0.15, -0.1) is 0 Å². The highest BCUT2D eigenvalue weighted by Gasteiger charge is 2.30. The van der Waals surface area contributed by atoms with Crippen LogP contribution in [0.2, 0.25) is 0 Å². The summed E-state index contributed by atoms with van der Waals surface area (Å²) >= 11 is 0. The third-order valence-electron chi connectivity index (χ3n) is 1.91. The summed E-state index contributed by atoms with van der Waals surface area (Å²) in [4.78, 5) is 10.1. The molecule has 86 valence electrons. The Morgan fingerprint density at radius 3 is 2.50 bits per heavy atom. The summed E-state index contributed by atoms with van der Waals surface area (Å²) in [6.45, 7) is 0. The van der Waals surface area contributed by atoms with Crippen molar-refractivity contribution in [3.63, 3.8) is 0 Å². The van der Waals surface area contributed by atoms with Crippen LogP contribution in [-0.2, 0) is 11.0 Å². The molecule has 16 heavy (non-hydrogen) atoms. The van der Waals surface area contributed by atoms with Crippen LogP contribution in [0.4, 0.5) is 13.2 Å². The van der Waals surface area contributed by atoms with Gasteiger partial charge in [-0.2, -0.15) is 13.2 Å². The molecule has 2 nitrogen and oxygen atoms in total. The van der Waals surface area contributed by atoms with E-state index in [0.29, 0.717) is 6.29 Å². The van der Waals surface area contributed by atoms with Gasteiger partial charge in [0.1, 0.15) is 12.0 Å². The lowest BCUT2D eigenvalue weighted by atomic mass is 10.1. The topological polar surface area (TPSA) is 26.3 Å². The molecular weight excluding hydrogens is 221 g/mol. The number of benzene rings is 1. The molecule has 0 amide bonds. The second-order valence-corrected chi connectivity index (χ2v) is 2.95. The standard InChI is InChI=1S/C11H9F3O2/c1-16-10-5-4-9(11(12,13)14)7-8(10)3-2-6-15/h2-7H,1H3/b3-2+. The molecule has 0 fully saturated rings. The number of ether oxygens (including phenoxy) is 1. The minimum Gasteiger partial charge on any atom is -0.496 e. The van der Waals surface area contributed by atoms with Crippen molar-refractivity contribution in [2.45, 2.75) is 6.18 Å². The molecular formula is C11H9F3O2. The SMILES string of the molecule is COc1ccc(C(F)(F)F)cc1/C=C/C=O. The summed E-state index contributed by atoms with van der Waals surface area (Å²) in [6.07, 6.45) is -1.55. The van der Waals surface area contributed by atoms with Crippen LogP contribution in [0.1, 0.15) is 11.1 Å². The van der Waals surface area contributed by atoms with Crippen LogP contribution >= 0.6 is 0 Å². The summed E-state index contributed by atoms with van der Waals surface area (Å²) in [7, 11) is 1.35. The maximum absolute atomic E-state index is 12.4. The Morgan fingerprint density at radius 1 is 1.31 bits per heavy atom. The Kier molecular flexibility index (Phi) is 3.71. The van der Waals surface area contributed by atoms with E-state index in [0.717, 1.165) is 18.2 Å². The minimum atomic E-state index is -4.41. The minimum absolute atomic E-state index is 0.212. The van der Waals surface area contributed by atoms with Crippen molar-refractivity contribution >= 4 is 12.4 Å². The number of alkyl halides is 3. The molecule has 0 aliphatic rings. The highest BCUT2D eigenvalue weighted by molar-refractivity contribution is 5.75. The van der Waals surface area contributed by atoms with Crippen LogP contribution in [0, 0.1) is 0 Å². The van der Waals surface area contributed by atoms with Crippen molar-refractivity contribution in [1.29, 1.82) is 0 Å². The van der Waals surface area contributed by atoms with Crippen molar-refractivity contribution in [3.8, 4) is 5.75 Å². The van der Waals surface area contributed by atoms with Gasteiger partial charge < -0.3 is 4.74 Å². The Bertz CT molecular complexity index is 408. The molecule has 0 saturated heterocycles. The Labute approximate surface area is 90.3 Å². The number of carbonyl (C=O) groups excluding carboxylic acids is 1. The van der Waals surface area contributed by atoms with Gasteiger partial charge in [0.2, 0.25) is 0 Å². The molecule has 5 heteroatoms. The highest BCUT2D eigenvalue weighted by atomic mass is 19.4. The predicted octanol–water partition coefficient (Wildman–Crippen LogP) is 2.93. The van der Waals surface area contributed by atoms with Crippen molar-refractivity contribution in [2.75, 3.05) is 7.11 Å². The fourth-order valence-electron chi connectivity index (χ4n) is 1.18. The molecule has 0 atom stereocenters. The Morgan fingerprint density at radius 2 is 2.00 bits per heavy atom. The van der Waals surface area contributed by atoms with Crippen LogP contribution in [0.25, 0.3) is 6.08 Å². The fourth-order valence-corrected chi connectivity index (χ4v) is 1.18. The van der Waals surface area contributed by atoms with Crippen LogP contribution in [0.15, 0.2) is 24.3 Å². The van der Waals surface area contributed by atoms with Crippen LogP contribution in [-0.4, -0.2) is 13.4 Å². The first-order chi connectivity index (χ1) is 7.49. The quantitative estimate of drug-likeness (QED) is 0.589. The zero-order valence-corrected chi connectivity index (χ0v) is 8.41. The van der Waals surface area contributed by atoms with E-state index in [9.17, 15) is 18.0 Å². The predicted molar refractivity (Wildman–Crippen MR) is 53.1 cm³/mol. The molecule has 0 saturated carbocycles. The van der Waals surface area contributed by atoms with E-state index in [4.69, 9.17) is 4.74 Å². The summed E-state index contributed by atoms with van der Waals surface area (Å²) in [6, 6.07) is 3.07. The zero-order valence-electron chi connectivity index (χ0n) is 8.41. The van der Waals surface area contributed by atoms with Gasteiger partial charge in [-0.3, -0.25) is 4.79 Å². The average Bonchev–Trinajstić information content (AvgIpc) is 2.24. The first kappa shape index (κ1) is 12.3. The molecule has 0 aliphatic heterocycles. The number of hydrogen-bond acceptors (Lipinski definition) is 2. The average molecular weight is 230 g/mol.